The molecule has 0 amide bonds. The van der Waals surface area contributed by atoms with Gasteiger partial charge in [-0.15, -0.1) is 23.4 Å². The number of hydrogen-bond donors (Lipinski definition) is 0. The molecule has 0 N–H and O–H groups in total. The number of nitrogens with zero attached hydrogens (tertiary/aromatic N) is 1. The Labute approximate surface area is 134 Å². The Morgan fingerprint density at radius 1 is 1.43 bits per heavy atom. The van der Waals surface area contributed by atoms with E-state index in [0.717, 1.165) is 23.0 Å². The lowest BCUT2D eigenvalue weighted by Crippen LogP contribution is -2.26. The molecule has 0 bridgehead atoms. The first-order chi connectivity index (χ1) is 10.1. The Morgan fingerprint density at radius 3 is 3.00 bits per heavy atom. The summed E-state index contributed by atoms with van der Waals surface area (Å²) in [5.41, 5.74) is 0.840. The average molecular weight is 330 g/mol. The Bertz CT molecular complexity index is 498. The summed E-state index contributed by atoms with van der Waals surface area (Å²) in [7, 11) is 1.66. The lowest BCUT2D eigenvalue weighted by atomic mass is 10.1. The number of alkyl halides is 1. The molecule has 0 saturated carbocycles. The molecule has 1 unspecified atom stereocenters. The highest BCUT2D eigenvalue weighted by Crippen LogP contribution is 2.31. The Kier molecular flexibility index (Phi) is 6.21. The van der Waals surface area contributed by atoms with Crippen molar-refractivity contribution in [3.05, 3.63) is 29.8 Å². The summed E-state index contributed by atoms with van der Waals surface area (Å²) in [6.45, 7) is 3.12. The van der Waals surface area contributed by atoms with Gasteiger partial charge in [-0.1, -0.05) is 17.3 Å². The molecule has 1 aromatic carbocycles. The standard InChI is InChI=1S/C15H20ClNO3S/c1-15(11-16)9-14(17-20-15)21-10-12-4-3-5-13(8-12)19-7-6-18-2/h3-5,8H,6-7,9-11H2,1-2H3. The van der Waals surface area contributed by atoms with Crippen LogP contribution in [0.1, 0.15) is 18.9 Å². The summed E-state index contributed by atoms with van der Waals surface area (Å²) in [4.78, 5) is 5.38. The molecule has 1 aliphatic rings. The Morgan fingerprint density at radius 2 is 2.29 bits per heavy atom. The van der Waals surface area contributed by atoms with E-state index in [4.69, 9.17) is 25.9 Å². The van der Waals surface area contributed by atoms with E-state index in [-0.39, 0.29) is 5.60 Å². The van der Waals surface area contributed by atoms with Gasteiger partial charge < -0.3 is 14.3 Å². The van der Waals surface area contributed by atoms with Crippen LogP contribution in [0.25, 0.3) is 0 Å². The van der Waals surface area contributed by atoms with Gasteiger partial charge in [-0.3, -0.25) is 0 Å². The third-order valence-electron chi connectivity index (χ3n) is 3.04. The maximum Gasteiger partial charge on any atom is 0.154 e. The predicted molar refractivity (Wildman–Crippen MR) is 87.4 cm³/mol. The van der Waals surface area contributed by atoms with Crippen molar-refractivity contribution in [2.24, 2.45) is 5.16 Å². The number of oxime groups is 1. The first-order valence-corrected chi connectivity index (χ1v) is 8.32. The third kappa shape index (κ3) is 5.09. The van der Waals surface area contributed by atoms with Crippen LogP contribution in [-0.4, -0.2) is 36.8 Å². The molecule has 2 rings (SSSR count). The summed E-state index contributed by atoms with van der Waals surface area (Å²) in [6.07, 6.45) is 0.769. The summed E-state index contributed by atoms with van der Waals surface area (Å²) < 4.78 is 10.6. The van der Waals surface area contributed by atoms with Crippen molar-refractivity contribution in [1.82, 2.24) is 0 Å². The topological polar surface area (TPSA) is 40.0 Å². The van der Waals surface area contributed by atoms with E-state index in [2.05, 4.69) is 11.2 Å². The van der Waals surface area contributed by atoms with E-state index in [1.54, 1.807) is 18.9 Å². The van der Waals surface area contributed by atoms with Crippen LogP contribution in [0.3, 0.4) is 0 Å². The normalized spacial score (nSPS) is 21.0. The van der Waals surface area contributed by atoms with Crippen LogP contribution >= 0.6 is 23.4 Å². The summed E-state index contributed by atoms with van der Waals surface area (Å²) in [6, 6.07) is 8.06. The van der Waals surface area contributed by atoms with Crippen molar-refractivity contribution in [2.75, 3.05) is 26.2 Å². The van der Waals surface area contributed by atoms with E-state index in [0.29, 0.717) is 19.1 Å². The fraction of sp³-hybridized carbons (Fsp3) is 0.533. The van der Waals surface area contributed by atoms with Gasteiger partial charge >= 0.3 is 0 Å². The molecule has 0 aliphatic carbocycles. The number of halogens is 1. The number of ether oxygens (including phenoxy) is 2. The fourth-order valence-corrected chi connectivity index (χ4v) is 2.98. The van der Waals surface area contributed by atoms with E-state index in [1.807, 2.05) is 25.1 Å². The van der Waals surface area contributed by atoms with Gasteiger partial charge in [0, 0.05) is 19.3 Å². The average Bonchev–Trinajstić information content (AvgIpc) is 2.88. The van der Waals surface area contributed by atoms with Crippen LogP contribution in [0, 0.1) is 0 Å². The highest BCUT2D eigenvalue weighted by molar-refractivity contribution is 8.13. The summed E-state index contributed by atoms with van der Waals surface area (Å²) in [5, 5.41) is 5.09. The maximum atomic E-state index is 5.88. The lowest BCUT2D eigenvalue weighted by molar-refractivity contribution is 0.0152. The number of hydrogen-bond acceptors (Lipinski definition) is 5. The molecule has 116 valence electrons. The second-order valence-corrected chi connectivity index (χ2v) is 6.43. The first kappa shape index (κ1) is 16.5. The van der Waals surface area contributed by atoms with Crippen LogP contribution in [0.4, 0.5) is 0 Å². The molecule has 0 aromatic heterocycles. The highest BCUT2D eigenvalue weighted by Gasteiger charge is 2.33. The van der Waals surface area contributed by atoms with Crippen molar-refractivity contribution in [3.8, 4) is 5.75 Å². The minimum absolute atomic E-state index is 0.352. The van der Waals surface area contributed by atoms with Crippen molar-refractivity contribution >= 4 is 28.4 Å². The second kappa shape index (κ2) is 7.92. The molecule has 4 nitrogen and oxygen atoms in total. The van der Waals surface area contributed by atoms with Gasteiger partial charge in [-0.25, -0.2) is 0 Å². The van der Waals surface area contributed by atoms with Gasteiger partial charge in [0.15, 0.2) is 5.60 Å². The van der Waals surface area contributed by atoms with Gasteiger partial charge in [-0.2, -0.15) is 0 Å². The molecule has 0 saturated heterocycles. The third-order valence-corrected chi connectivity index (χ3v) is 4.63. The largest absolute Gasteiger partial charge is 0.491 e. The number of rotatable bonds is 7. The van der Waals surface area contributed by atoms with Crippen molar-refractivity contribution in [1.29, 1.82) is 0 Å². The van der Waals surface area contributed by atoms with Crippen LogP contribution in [0.15, 0.2) is 29.4 Å². The Hall–Kier alpha value is -0.910. The molecule has 1 heterocycles. The first-order valence-electron chi connectivity index (χ1n) is 6.80. The molecule has 1 atom stereocenters. The van der Waals surface area contributed by atoms with E-state index < -0.39 is 0 Å². The molecule has 1 aliphatic heterocycles. The predicted octanol–water partition coefficient (Wildman–Crippen LogP) is 3.68. The quantitative estimate of drug-likeness (QED) is 0.565. The van der Waals surface area contributed by atoms with Crippen LogP contribution < -0.4 is 4.74 Å². The zero-order valence-electron chi connectivity index (χ0n) is 12.3. The molecule has 1 aromatic rings. The number of benzene rings is 1. The Balaban J connectivity index is 1.82. The molecule has 21 heavy (non-hydrogen) atoms. The van der Waals surface area contributed by atoms with E-state index in [1.165, 1.54) is 5.56 Å². The zero-order chi connectivity index (χ0) is 15.1. The minimum Gasteiger partial charge on any atom is -0.491 e. The zero-order valence-corrected chi connectivity index (χ0v) is 13.9. The van der Waals surface area contributed by atoms with Crippen molar-refractivity contribution in [2.45, 2.75) is 24.7 Å². The van der Waals surface area contributed by atoms with Crippen LogP contribution in [0.2, 0.25) is 0 Å². The molecular formula is C15H20ClNO3S. The number of thioether (sulfide) groups is 1. The van der Waals surface area contributed by atoms with E-state index in [9.17, 15) is 0 Å². The van der Waals surface area contributed by atoms with E-state index >= 15 is 0 Å². The van der Waals surface area contributed by atoms with Gasteiger partial charge in [0.1, 0.15) is 17.4 Å². The minimum atomic E-state index is -0.352. The van der Waals surface area contributed by atoms with Crippen molar-refractivity contribution < 1.29 is 14.3 Å². The maximum absolute atomic E-state index is 5.88. The monoisotopic (exact) mass is 329 g/mol. The molecule has 0 fully saturated rings. The molecule has 6 heteroatoms. The number of methoxy groups -OCH3 is 1. The summed E-state index contributed by atoms with van der Waals surface area (Å²) >= 11 is 7.56. The smallest absolute Gasteiger partial charge is 0.154 e. The SMILES string of the molecule is COCCOc1cccc(CSC2=NOC(C)(CCl)C2)c1. The van der Waals surface area contributed by atoms with Crippen LogP contribution in [0.5, 0.6) is 5.75 Å². The highest BCUT2D eigenvalue weighted by atomic mass is 35.5. The molecule has 0 radical (unpaired) electrons. The van der Waals surface area contributed by atoms with Crippen molar-refractivity contribution in [3.63, 3.8) is 0 Å². The lowest BCUT2D eigenvalue weighted by Gasteiger charge is -2.16. The molecule has 0 spiro atoms. The van der Waals surface area contributed by atoms with Gasteiger partial charge in [-0.05, 0) is 24.6 Å². The molecular weight excluding hydrogens is 310 g/mol. The second-order valence-electron chi connectivity index (χ2n) is 5.11. The fourth-order valence-electron chi connectivity index (χ4n) is 1.83. The van der Waals surface area contributed by atoms with Gasteiger partial charge in [0.2, 0.25) is 0 Å². The summed E-state index contributed by atoms with van der Waals surface area (Å²) in [5.74, 6) is 2.14. The van der Waals surface area contributed by atoms with Gasteiger partial charge in [0.25, 0.3) is 0 Å². The van der Waals surface area contributed by atoms with Gasteiger partial charge in [0.05, 0.1) is 12.5 Å². The van der Waals surface area contributed by atoms with Crippen LogP contribution in [-0.2, 0) is 15.3 Å².